The van der Waals surface area contributed by atoms with E-state index in [1.807, 2.05) is 44.3 Å². The fourth-order valence-corrected chi connectivity index (χ4v) is 2.89. The first-order chi connectivity index (χ1) is 13.8. The van der Waals surface area contributed by atoms with Crippen LogP contribution >= 0.6 is 12.4 Å². The second kappa shape index (κ2) is 12.2. The van der Waals surface area contributed by atoms with E-state index >= 15 is 0 Å². The van der Waals surface area contributed by atoms with Gasteiger partial charge >= 0.3 is 11.9 Å². The zero-order valence-corrected chi connectivity index (χ0v) is 18.0. The van der Waals surface area contributed by atoms with Gasteiger partial charge in [0.25, 0.3) is 0 Å². The number of nitrogens with one attached hydrogen (secondary N) is 2. The third-order valence-corrected chi connectivity index (χ3v) is 4.66. The van der Waals surface area contributed by atoms with Crippen LogP contribution in [-0.4, -0.2) is 46.6 Å². The minimum absolute atomic E-state index is 0. The van der Waals surface area contributed by atoms with Gasteiger partial charge in [0.2, 0.25) is 5.91 Å². The molecular weight excluding hydrogens is 410 g/mol. The second-order valence-corrected chi connectivity index (χ2v) is 7.52. The van der Waals surface area contributed by atoms with Crippen LogP contribution in [0.5, 0.6) is 0 Å². The number of aromatic nitrogens is 1. The van der Waals surface area contributed by atoms with Gasteiger partial charge in [0.1, 0.15) is 12.1 Å². The third-order valence-electron chi connectivity index (χ3n) is 4.66. The molecule has 2 rings (SSSR count). The van der Waals surface area contributed by atoms with Crippen molar-refractivity contribution in [1.29, 1.82) is 0 Å². The number of nitrogens with two attached hydrogens (primary N) is 1. The highest BCUT2D eigenvalue weighted by Gasteiger charge is 2.25. The molecule has 0 aliphatic heterocycles. The van der Waals surface area contributed by atoms with E-state index < -0.39 is 29.9 Å². The number of carbonyl (C=O) groups is 3. The minimum Gasteiger partial charge on any atom is -0.480 e. The van der Waals surface area contributed by atoms with Gasteiger partial charge in [0, 0.05) is 29.9 Å². The maximum absolute atomic E-state index is 12.6. The molecule has 2 atom stereocenters. The molecule has 0 spiro atoms. The quantitative estimate of drug-likeness (QED) is 0.397. The Hall–Kier alpha value is -2.58. The van der Waals surface area contributed by atoms with Crippen LogP contribution in [0, 0.1) is 5.92 Å². The molecule has 0 saturated heterocycles. The number of fused-ring (bicyclic) bond motifs is 1. The molecule has 0 aliphatic rings. The van der Waals surface area contributed by atoms with Crippen LogP contribution in [0.4, 0.5) is 0 Å². The largest absolute Gasteiger partial charge is 0.480 e. The highest BCUT2D eigenvalue weighted by Crippen LogP contribution is 2.19. The molecule has 1 heterocycles. The molecular formula is C21H30ClN3O5. The van der Waals surface area contributed by atoms with Crippen molar-refractivity contribution >= 4 is 41.2 Å². The number of aromatic amines is 1. The Morgan fingerprint density at radius 1 is 1.20 bits per heavy atom. The number of amides is 1. The molecule has 2 aromatic rings. The van der Waals surface area contributed by atoms with Crippen LogP contribution in [0.3, 0.4) is 0 Å². The van der Waals surface area contributed by atoms with E-state index in [0.717, 1.165) is 22.9 Å². The summed E-state index contributed by atoms with van der Waals surface area (Å²) in [4.78, 5) is 38.9. The van der Waals surface area contributed by atoms with E-state index in [1.54, 1.807) is 0 Å². The van der Waals surface area contributed by atoms with E-state index in [4.69, 9.17) is 15.6 Å². The molecule has 5 N–H and O–H groups in total. The lowest BCUT2D eigenvalue weighted by Gasteiger charge is -2.18. The van der Waals surface area contributed by atoms with Crippen LogP contribution in [0.15, 0.2) is 30.5 Å². The van der Waals surface area contributed by atoms with Gasteiger partial charge in [-0.15, -0.1) is 12.4 Å². The zero-order valence-electron chi connectivity index (χ0n) is 17.2. The Bertz CT molecular complexity index is 852. The van der Waals surface area contributed by atoms with Gasteiger partial charge in [-0.05, 0) is 30.4 Å². The Morgan fingerprint density at radius 3 is 2.57 bits per heavy atom. The molecule has 8 nitrogen and oxygen atoms in total. The molecule has 0 bridgehead atoms. The Balaban J connectivity index is 0.00000450. The number of halogens is 1. The first-order valence-corrected chi connectivity index (χ1v) is 9.77. The molecule has 1 aromatic carbocycles. The molecule has 30 heavy (non-hydrogen) atoms. The molecule has 0 saturated carbocycles. The normalized spacial score (nSPS) is 12.8. The van der Waals surface area contributed by atoms with Crippen molar-refractivity contribution in [2.45, 2.75) is 51.6 Å². The molecule has 0 unspecified atom stereocenters. The average Bonchev–Trinajstić information content (AvgIpc) is 3.08. The molecule has 166 valence electrons. The topological polar surface area (TPSA) is 135 Å². The number of carboxylic acid groups (broad SMARTS) is 1. The number of esters is 1. The summed E-state index contributed by atoms with van der Waals surface area (Å²) in [5, 5.41) is 12.5. The molecule has 0 aliphatic carbocycles. The van der Waals surface area contributed by atoms with Crippen LogP contribution in [0.1, 0.15) is 38.7 Å². The summed E-state index contributed by atoms with van der Waals surface area (Å²) in [5.41, 5.74) is 7.27. The summed E-state index contributed by atoms with van der Waals surface area (Å²) >= 11 is 0. The second-order valence-electron chi connectivity index (χ2n) is 7.52. The van der Waals surface area contributed by atoms with Gasteiger partial charge in [0.05, 0.1) is 6.61 Å². The molecule has 9 heteroatoms. The number of hydrogen-bond acceptors (Lipinski definition) is 5. The maximum atomic E-state index is 12.6. The van der Waals surface area contributed by atoms with Gasteiger partial charge in [0.15, 0.2) is 0 Å². The Kier molecular flexibility index (Phi) is 10.3. The molecule has 1 aromatic heterocycles. The lowest BCUT2D eigenvalue weighted by Crippen LogP contribution is -2.44. The first-order valence-electron chi connectivity index (χ1n) is 9.77. The number of carboxylic acids is 1. The van der Waals surface area contributed by atoms with E-state index in [1.165, 1.54) is 0 Å². The Labute approximate surface area is 182 Å². The Morgan fingerprint density at radius 2 is 1.90 bits per heavy atom. The van der Waals surface area contributed by atoms with Crippen molar-refractivity contribution in [2.75, 3.05) is 6.61 Å². The lowest BCUT2D eigenvalue weighted by molar-refractivity contribution is -0.148. The summed E-state index contributed by atoms with van der Waals surface area (Å²) in [7, 11) is 0. The number of carbonyl (C=O) groups excluding carboxylic acids is 2. The van der Waals surface area contributed by atoms with Crippen molar-refractivity contribution in [3.05, 3.63) is 36.0 Å². The van der Waals surface area contributed by atoms with Gasteiger partial charge in [-0.1, -0.05) is 32.0 Å². The summed E-state index contributed by atoms with van der Waals surface area (Å²) in [6.45, 7) is 4.34. The third kappa shape index (κ3) is 7.68. The summed E-state index contributed by atoms with van der Waals surface area (Å²) in [5.74, 6) is -1.72. The highest BCUT2D eigenvalue weighted by atomic mass is 35.5. The van der Waals surface area contributed by atoms with Gasteiger partial charge < -0.3 is 25.9 Å². The van der Waals surface area contributed by atoms with Crippen LogP contribution in [0.2, 0.25) is 0 Å². The summed E-state index contributed by atoms with van der Waals surface area (Å²) in [6, 6.07) is 5.70. The molecule has 0 fully saturated rings. The number of H-pyrrole nitrogens is 1. The first kappa shape index (κ1) is 25.5. The standard InChI is InChI=1S/C21H29N3O5.ClH/c1-13(2)9-10-29-21(28)18(24-19(25)8-7-16(22)20(26)27)11-14-12-23-17-6-4-3-5-15(14)17;/h3-6,12-13,16,18,23H,7-11,22H2,1-2H3,(H,24,25)(H,26,27);1H/t16-,18+;/m1./s1. The predicted octanol–water partition coefficient (Wildman–Crippen LogP) is 2.40. The van der Waals surface area contributed by atoms with Gasteiger partial charge in [-0.3, -0.25) is 9.59 Å². The van der Waals surface area contributed by atoms with Gasteiger partial charge in [-0.2, -0.15) is 0 Å². The molecule has 1 amide bonds. The van der Waals surface area contributed by atoms with E-state index in [2.05, 4.69) is 10.3 Å². The highest BCUT2D eigenvalue weighted by molar-refractivity contribution is 5.87. The fraction of sp³-hybridized carbons (Fsp3) is 0.476. The smallest absolute Gasteiger partial charge is 0.328 e. The summed E-state index contributed by atoms with van der Waals surface area (Å²) < 4.78 is 5.36. The minimum atomic E-state index is -1.17. The zero-order chi connectivity index (χ0) is 21.4. The van der Waals surface area contributed by atoms with Crippen LogP contribution in [-0.2, 0) is 25.5 Å². The number of aliphatic carboxylic acids is 1. The number of hydrogen-bond donors (Lipinski definition) is 4. The van der Waals surface area contributed by atoms with E-state index in [-0.39, 0.29) is 38.3 Å². The number of benzene rings is 1. The number of para-hydroxylation sites is 1. The SMILES string of the molecule is CC(C)CCOC(=O)[C@H](Cc1c[nH]c2ccccc12)NC(=O)CC[C@@H](N)C(=O)O.Cl. The predicted molar refractivity (Wildman–Crippen MR) is 116 cm³/mol. The lowest BCUT2D eigenvalue weighted by atomic mass is 10.0. The van der Waals surface area contributed by atoms with Crippen molar-refractivity contribution in [3.8, 4) is 0 Å². The van der Waals surface area contributed by atoms with Crippen molar-refractivity contribution < 1.29 is 24.2 Å². The van der Waals surface area contributed by atoms with E-state index in [9.17, 15) is 14.4 Å². The maximum Gasteiger partial charge on any atom is 0.328 e. The van der Waals surface area contributed by atoms with E-state index in [0.29, 0.717) is 5.92 Å². The van der Waals surface area contributed by atoms with Crippen molar-refractivity contribution in [1.82, 2.24) is 10.3 Å². The fourth-order valence-electron chi connectivity index (χ4n) is 2.89. The monoisotopic (exact) mass is 439 g/mol. The van der Waals surface area contributed by atoms with Gasteiger partial charge in [-0.25, -0.2) is 4.79 Å². The molecule has 0 radical (unpaired) electrons. The van der Waals surface area contributed by atoms with Crippen LogP contribution < -0.4 is 11.1 Å². The van der Waals surface area contributed by atoms with Crippen LogP contribution in [0.25, 0.3) is 10.9 Å². The summed E-state index contributed by atoms with van der Waals surface area (Å²) in [6.07, 6.45) is 2.71. The number of ether oxygens (including phenoxy) is 1. The average molecular weight is 440 g/mol. The van der Waals surface area contributed by atoms with Crippen molar-refractivity contribution in [2.24, 2.45) is 11.7 Å². The number of rotatable bonds is 11. The van der Waals surface area contributed by atoms with Crippen molar-refractivity contribution in [3.63, 3.8) is 0 Å².